The van der Waals surface area contributed by atoms with E-state index in [9.17, 15) is 13.2 Å². The maximum atomic E-state index is 11.9. The highest BCUT2D eigenvalue weighted by Gasteiger charge is 2.24. The van der Waals surface area contributed by atoms with E-state index >= 15 is 0 Å². The van der Waals surface area contributed by atoms with Gasteiger partial charge in [0.1, 0.15) is 6.54 Å². The second kappa shape index (κ2) is 6.39. The molecule has 0 heterocycles. The fraction of sp³-hybridized carbons (Fsp3) is 0.462. The van der Waals surface area contributed by atoms with E-state index in [2.05, 4.69) is 0 Å². The summed E-state index contributed by atoms with van der Waals surface area (Å²) in [5.41, 5.74) is 2.37. The number of rotatable bonds is 6. The van der Waals surface area contributed by atoms with Gasteiger partial charge in [-0.3, -0.25) is 9.10 Å². The number of hydrogen-bond acceptors (Lipinski definition) is 3. The Morgan fingerprint density at radius 2 is 1.68 bits per heavy atom. The number of anilines is 1. The van der Waals surface area contributed by atoms with Crippen molar-refractivity contribution in [2.24, 2.45) is 0 Å². The quantitative estimate of drug-likeness (QED) is 0.758. The molecule has 106 valence electrons. The van der Waals surface area contributed by atoms with Gasteiger partial charge in [-0.1, -0.05) is 32.0 Å². The zero-order chi connectivity index (χ0) is 14.6. The summed E-state index contributed by atoms with van der Waals surface area (Å²) >= 11 is 5.37. The first-order valence-electron chi connectivity index (χ1n) is 6.08. The molecular formula is C13H18ClNO3S. The first-order valence-corrected chi connectivity index (χ1v) is 8.30. The highest BCUT2D eigenvalue weighted by molar-refractivity contribution is 7.92. The number of carbonyl (C=O) groups excluding carboxylic acids is 1. The van der Waals surface area contributed by atoms with E-state index in [-0.39, 0.29) is 6.54 Å². The van der Waals surface area contributed by atoms with Crippen LogP contribution in [0.25, 0.3) is 0 Å². The van der Waals surface area contributed by atoms with Crippen molar-refractivity contribution in [1.82, 2.24) is 0 Å². The van der Waals surface area contributed by atoms with Gasteiger partial charge in [0, 0.05) is 0 Å². The van der Waals surface area contributed by atoms with Crippen LogP contribution in [0, 0.1) is 0 Å². The Morgan fingerprint density at radius 1 is 1.21 bits per heavy atom. The Balaban J connectivity index is 3.48. The van der Waals surface area contributed by atoms with Gasteiger partial charge in [0.15, 0.2) is 0 Å². The Hall–Kier alpha value is -1.07. The average Bonchev–Trinajstić information content (AvgIpc) is 2.33. The van der Waals surface area contributed by atoms with Crippen molar-refractivity contribution in [2.75, 3.05) is 17.1 Å². The van der Waals surface area contributed by atoms with Gasteiger partial charge in [0.25, 0.3) is 0 Å². The first kappa shape index (κ1) is 16.0. The van der Waals surface area contributed by atoms with Crippen LogP contribution in [0.5, 0.6) is 0 Å². The molecular weight excluding hydrogens is 286 g/mol. The maximum Gasteiger partial charge on any atom is 0.242 e. The maximum absolute atomic E-state index is 11.9. The molecule has 0 spiro atoms. The zero-order valence-corrected chi connectivity index (χ0v) is 12.9. The molecule has 0 amide bonds. The molecule has 0 N–H and O–H groups in total. The van der Waals surface area contributed by atoms with Crippen molar-refractivity contribution in [3.05, 3.63) is 29.3 Å². The normalized spacial score (nSPS) is 11.4. The highest BCUT2D eigenvalue weighted by Crippen LogP contribution is 2.28. The van der Waals surface area contributed by atoms with Gasteiger partial charge in [-0.25, -0.2) is 8.42 Å². The molecule has 0 bridgehead atoms. The van der Waals surface area contributed by atoms with Gasteiger partial charge in [-0.2, -0.15) is 0 Å². The molecule has 0 aromatic heterocycles. The number of benzene rings is 1. The summed E-state index contributed by atoms with van der Waals surface area (Å²) in [5.74, 6) is 0. The molecule has 0 aliphatic heterocycles. The zero-order valence-electron chi connectivity index (χ0n) is 11.3. The van der Waals surface area contributed by atoms with Crippen LogP contribution in [0.3, 0.4) is 0 Å². The van der Waals surface area contributed by atoms with Crippen LogP contribution < -0.4 is 4.31 Å². The van der Waals surface area contributed by atoms with E-state index < -0.39 is 15.3 Å². The van der Waals surface area contributed by atoms with E-state index in [1.54, 1.807) is 0 Å². The fourth-order valence-corrected chi connectivity index (χ4v) is 3.12. The number of sulfonamides is 1. The number of aryl methyl sites for hydroxylation is 2. The van der Waals surface area contributed by atoms with Crippen molar-refractivity contribution < 1.29 is 13.2 Å². The summed E-state index contributed by atoms with van der Waals surface area (Å²) in [6, 6.07) is 5.63. The second-order valence-electron chi connectivity index (χ2n) is 4.26. The standard InChI is InChI=1S/C13H18ClNO3S/c1-4-10-7-6-8-11(5-2)13(10)15(9-12(14)16)19(3,17)18/h6-8H,4-5,9H2,1-3H3. The smallest absolute Gasteiger partial charge is 0.242 e. The monoisotopic (exact) mass is 303 g/mol. The topological polar surface area (TPSA) is 54.5 Å². The molecule has 6 heteroatoms. The summed E-state index contributed by atoms with van der Waals surface area (Å²) in [7, 11) is -3.55. The summed E-state index contributed by atoms with van der Waals surface area (Å²) in [5, 5.41) is -0.696. The van der Waals surface area contributed by atoms with E-state index in [1.165, 1.54) is 0 Å². The lowest BCUT2D eigenvalue weighted by atomic mass is 10.0. The Kier molecular flexibility index (Phi) is 5.38. The predicted molar refractivity (Wildman–Crippen MR) is 78.2 cm³/mol. The van der Waals surface area contributed by atoms with Crippen LogP contribution in [0.2, 0.25) is 0 Å². The SMILES string of the molecule is CCc1cccc(CC)c1N(CC(=O)Cl)S(C)(=O)=O. The fourth-order valence-electron chi connectivity index (χ4n) is 2.01. The largest absolute Gasteiger partial charge is 0.279 e. The number of hydrogen-bond donors (Lipinski definition) is 0. The lowest BCUT2D eigenvalue weighted by Gasteiger charge is -2.25. The Labute approximate surface area is 119 Å². The summed E-state index contributed by atoms with van der Waals surface area (Å²) in [6.45, 7) is 3.55. The molecule has 0 saturated carbocycles. The highest BCUT2D eigenvalue weighted by atomic mass is 35.5. The molecule has 4 nitrogen and oxygen atoms in total. The minimum absolute atomic E-state index is 0.343. The van der Waals surface area contributed by atoms with Gasteiger partial charge in [-0.05, 0) is 35.6 Å². The molecule has 1 aromatic rings. The van der Waals surface area contributed by atoms with Gasteiger partial charge < -0.3 is 0 Å². The third kappa shape index (κ3) is 3.94. The van der Waals surface area contributed by atoms with Crippen molar-refractivity contribution in [3.63, 3.8) is 0 Å². The number of halogens is 1. The van der Waals surface area contributed by atoms with E-state index in [0.29, 0.717) is 18.5 Å². The number of para-hydroxylation sites is 1. The molecule has 0 aliphatic rings. The molecule has 0 atom stereocenters. The minimum atomic E-state index is -3.55. The van der Waals surface area contributed by atoms with Gasteiger partial charge in [-0.15, -0.1) is 0 Å². The van der Waals surface area contributed by atoms with Gasteiger partial charge >= 0.3 is 0 Å². The molecule has 0 saturated heterocycles. The van der Waals surface area contributed by atoms with Crippen LogP contribution in [0.1, 0.15) is 25.0 Å². The number of nitrogens with zero attached hydrogens (tertiary/aromatic N) is 1. The van der Waals surface area contributed by atoms with Crippen LogP contribution in [0.15, 0.2) is 18.2 Å². The van der Waals surface area contributed by atoms with Gasteiger partial charge in [0.05, 0.1) is 11.9 Å². The summed E-state index contributed by atoms with van der Waals surface area (Å²) in [6.07, 6.45) is 2.45. The van der Waals surface area contributed by atoms with Crippen molar-refractivity contribution in [3.8, 4) is 0 Å². The third-order valence-electron chi connectivity index (χ3n) is 2.88. The molecule has 0 unspecified atom stereocenters. The van der Waals surface area contributed by atoms with Crippen molar-refractivity contribution in [1.29, 1.82) is 0 Å². The molecule has 0 fully saturated rings. The van der Waals surface area contributed by atoms with Crippen LogP contribution in [-0.4, -0.2) is 26.5 Å². The molecule has 0 radical (unpaired) electrons. The van der Waals surface area contributed by atoms with E-state index in [0.717, 1.165) is 21.7 Å². The van der Waals surface area contributed by atoms with Crippen molar-refractivity contribution >= 4 is 32.6 Å². The van der Waals surface area contributed by atoms with E-state index in [4.69, 9.17) is 11.6 Å². The minimum Gasteiger partial charge on any atom is -0.279 e. The third-order valence-corrected chi connectivity index (χ3v) is 4.11. The Bertz CT molecular complexity index is 547. The van der Waals surface area contributed by atoms with Crippen LogP contribution in [-0.2, 0) is 27.7 Å². The lowest BCUT2D eigenvalue weighted by molar-refractivity contribution is -0.110. The summed E-state index contributed by atoms with van der Waals surface area (Å²) in [4.78, 5) is 11.1. The molecule has 1 aromatic carbocycles. The molecule has 19 heavy (non-hydrogen) atoms. The first-order chi connectivity index (χ1) is 8.81. The Morgan fingerprint density at radius 3 is 2.00 bits per heavy atom. The van der Waals surface area contributed by atoms with Crippen LogP contribution >= 0.6 is 11.6 Å². The predicted octanol–water partition coefficient (Wildman–Crippen LogP) is 2.34. The van der Waals surface area contributed by atoms with E-state index in [1.807, 2.05) is 32.0 Å². The molecule has 0 aliphatic carbocycles. The van der Waals surface area contributed by atoms with Crippen LogP contribution in [0.4, 0.5) is 5.69 Å². The number of carbonyl (C=O) groups is 1. The summed E-state index contributed by atoms with van der Waals surface area (Å²) < 4.78 is 24.9. The van der Waals surface area contributed by atoms with Gasteiger partial charge in [0.2, 0.25) is 15.3 Å². The second-order valence-corrected chi connectivity index (χ2v) is 6.59. The molecule has 1 rings (SSSR count). The van der Waals surface area contributed by atoms with Crippen molar-refractivity contribution in [2.45, 2.75) is 26.7 Å². The lowest BCUT2D eigenvalue weighted by Crippen LogP contribution is -2.35. The average molecular weight is 304 g/mol.